The summed E-state index contributed by atoms with van der Waals surface area (Å²) in [7, 11) is 0. The van der Waals surface area contributed by atoms with Crippen molar-refractivity contribution < 1.29 is 9.59 Å². The van der Waals surface area contributed by atoms with Crippen LogP contribution in [0.25, 0.3) is 10.8 Å². The number of rotatable bonds is 10. The minimum atomic E-state index is -0.686. The van der Waals surface area contributed by atoms with Gasteiger partial charge in [-0.3, -0.25) is 9.59 Å². The fourth-order valence-corrected chi connectivity index (χ4v) is 4.99. The molecule has 2 amide bonds. The first kappa shape index (κ1) is 27.7. The Hall–Kier alpha value is -3.34. The van der Waals surface area contributed by atoms with E-state index in [0.29, 0.717) is 22.9 Å². The highest BCUT2D eigenvalue weighted by atomic mass is 35.5. The highest BCUT2D eigenvalue weighted by molar-refractivity contribution is 6.42. The van der Waals surface area contributed by atoms with Gasteiger partial charge >= 0.3 is 0 Å². The van der Waals surface area contributed by atoms with E-state index in [-0.39, 0.29) is 30.8 Å². The third kappa shape index (κ3) is 7.15. The summed E-state index contributed by atoms with van der Waals surface area (Å²) in [4.78, 5) is 29.1. The molecular formula is C32H32Cl2N2O2. The molecule has 0 aromatic heterocycles. The van der Waals surface area contributed by atoms with Gasteiger partial charge in [0, 0.05) is 25.4 Å². The summed E-state index contributed by atoms with van der Waals surface area (Å²) in [5.74, 6) is -0.272. The van der Waals surface area contributed by atoms with Crippen LogP contribution in [0, 0.1) is 0 Å². The van der Waals surface area contributed by atoms with Crippen LogP contribution in [-0.4, -0.2) is 28.8 Å². The van der Waals surface area contributed by atoms with Crippen molar-refractivity contribution in [1.29, 1.82) is 0 Å². The summed E-state index contributed by atoms with van der Waals surface area (Å²) in [5.41, 5.74) is 2.91. The first-order chi connectivity index (χ1) is 18.3. The van der Waals surface area contributed by atoms with Crippen molar-refractivity contribution in [2.75, 3.05) is 0 Å². The van der Waals surface area contributed by atoms with Gasteiger partial charge in [0.2, 0.25) is 11.8 Å². The van der Waals surface area contributed by atoms with Gasteiger partial charge in [-0.15, -0.1) is 0 Å². The molecule has 4 aromatic carbocycles. The number of carbonyl (C=O) groups is 2. The Kier molecular flexibility index (Phi) is 9.43. The van der Waals surface area contributed by atoms with Crippen LogP contribution in [0.5, 0.6) is 0 Å². The number of nitrogens with one attached hydrogen (secondary N) is 1. The first-order valence-electron chi connectivity index (χ1n) is 12.9. The Morgan fingerprint density at radius 2 is 1.53 bits per heavy atom. The first-order valence-corrected chi connectivity index (χ1v) is 13.6. The smallest absolute Gasteiger partial charge is 0.243 e. The maximum absolute atomic E-state index is 13.9. The number of hydrogen-bond donors (Lipinski definition) is 1. The maximum Gasteiger partial charge on any atom is 0.243 e. The average molecular weight is 548 g/mol. The van der Waals surface area contributed by atoms with E-state index in [1.807, 2.05) is 68.4 Å². The Morgan fingerprint density at radius 1 is 0.816 bits per heavy atom. The number of carbonyl (C=O) groups excluding carboxylic acids is 2. The van der Waals surface area contributed by atoms with Gasteiger partial charge in [0.25, 0.3) is 0 Å². The maximum atomic E-state index is 13.9. The number of benzene rings is 4. The molecule has 0 saturated heterocycles. The third-order valence-corrected chi connectivity index (χ3v) is 7.27. The molecule has 196 valence electrons. The second-order valence-corrected chi connectivity index (χ2v) is 10.6. The minimum absolute atomic E-state index is 0.0571. The molecule has 0 aliphatic heterocycles. The largest absolute Gasteiger partial charge is 0.352 e. The molecule has 0 heterocycles. The van der Waals surface area contributed by atoms with E-state index in [0.717, 1.165) is 27.5 Å². The number of nitrogens with zero attached hydrogens (tertiary/aromatic N) is 1. The van der Waals surface area contributed by atoms with Gasteiger partial charge in [-0.2, -0.15) is 0 Å². The molecule has 1 N–H and O–H groups in total. The number of aryl methyl sites for hydroxylation is 1. The predicted octanol–water partition coefficient (Wildman–Crippen LogP) is 7.24. The van der Waals surface area contributed by atoms with Crippen molar-refractivity contribution in [2.24, 2.45) is 0 Å². The van der Waals surface area contributed by atoms with Crippen molar-refractivity contribution in [1.82, 2.24) is 10.2 Å². The van der Waals surface area contributed by atoms with Crippen LogP contribution >= 0.6 is 23.2 Å². The van der Waals surface area contributed by atoms with Gasteiger partial charge < -0.3 is 10.2 Å². The molecule has 0 aliphatic rings. The second kappa shape index (κ2) is 12.9. The fraction of sp³-hybridized carbons (Fsp3) is 0.250. The van der Waals surface area contributed by atoms with E-state index < -0.39 is 6.04 Å². The summed E-state index contributed by atoms with van der Waals surface area (Å²) >= 11 is 12.4. The van der Waals surface area contributed by atoms with Gasteiger partial charge in [0.15, 0.2) is 0 Å². The molecule has 0 saturated carbocycles. The lowest BCUT2D eigenvalue weighted by molar-refractivity contribution is -0.141. The van der Waals surface area contributed by atoms with Crippen molar-refractivity contribution in [3.8, 4) is 0 Å². The molecule has 0 radical (unpaired) electrons. The molecule has 4 nitrogen and oxygen atoms in total. The van der Waals surface area contributed by atoms with Gasteiger partial charge in [-0.1, -0.05) is 102 Å². The van der Waals surface area contributed by atoms with E-state index in [4.69, 9.17) is 23.2 Å². The molecule has 0 aliphatic carbocycles. The standard InChI is InChI=1S/C32H32Cl2N2O2/c1-22(2)35-32(38)30(20-23-9-4-3-5-10-23)36(21-24-15-17-28(33)29(34)19-24)31(37)18-16-26-13-8-12-25-11-6-7-14-27(25)26/h3-15,17,19,22,30H,16,18,20-21H2,1-2H3,(H,35,38)/t30-/m1/s1. The van der Waals surface area contributed by atoms with Gasteiger partial charge in [-0.25, -0.2) is 0 Å². The summed E-state index contributed by atoms with van der Waals surface area (Å²) in [5, 5.41) is 6.16. The molecule has 0 bridgehead atoms. The van der Waals surface area contributed by atoms with Gasteiger partial charge in [0.1, 0.15) is 6.04 Å². The molecule has 4 aromatic rings. The molecule has 0 fully saturated rings. The van der Waals surface area contributed by atoms with Crippen LogP contribution in [0.15, 0.2) is 91.0 Å². The lowest BCUT2D eigenvalue weighted by Crippen LogP contribution is -2.51. The van der Waals surface area contributed by atoms with Crippen molar-refractivity contribution in [3.63, 3.8) is 0 Å². The Bertz CT molecular complexity index is 1400. The molecule has 38 heavy (non-hydrogen) atoms. The quantitative estimate of drug-likeness (QED) is 0.228. The SMILES string of the molecule is CC(C)NC(=O)[C@@H](Cc1ccccc1)N(Cc1ccc(Cl)c(Cl)c1)C(=O)CCc1cccc2ccccc12. The van der Waals surface area contributed by atoms with Crippen molar-refractivity contribution >= 4 is 45.8 Å². The Morgan fingerprint density at radius 3 is 2.26 bits per heavy atom. The molecule has 1 atom stereocenters. The van der Waals surface area contributed by atoms with Gasteiger partial charge in [0.05, 0.1) is 10.0 Å². The topological polar surface area (TPSA) is 49.4 Å². The minimum Gasteiger partial charge on any atom is -0.352 e. The van der Waals surface area contributed by atoms with Crippen LogP contribution < -0.4 is 5.32 Å². The average Bonchev–Trinajstić information content (AvgIpc) is 2.91. The normalized spacial score (nSPS) is 11.9. The van der Waals surface area contributed by atoms with Crippen LogP contribution in [0.4, 0.5) is 0 Å². The van der Waals surface area contributed by atoms with E-state index in [2.05, 4.69) is 29.6 Å². The van der Waals surface area contributed by atoms with E-state index in [1.54, 1.807) is 17.0 Å². The number of amides is 2. The second-order valence-electron chi connectivity index (χ2n) is 9.78. The van der Waals surface area contributed by atoms with E-state index in [1.165, 1.54) is 0 Å². The zero-order valence-electron chi connectivity index (χ0n) is 21.7. The molecule has 0 spiro atoms. The highest BCUT2D eigenvalue weighted by Gasteiger charge is 2.30. The van der Waals surface area contributed by atoms with Crippen molar-refractivity contribution in [3.05, 3.63) is 118 Å². The Labute approximate surface area is 234 Å². The van der Waals surface area contributed by atoms with Crippen LogP contribution in [0.1, 0.15) is 37.0 Å². The van der Waals surface area contributed by atoms with Crippen LogP contribution in [0.3, 0.4) is 0 Å². The van der Waals surface area contributed by atoms with E-state index >= 15 is 0 Å². The zero-order chi connectivity index (χ0) is 27.1. The van der Waals surface area contributed by atoms with Crippen LogP contribution in [-0.2, 0) is 29.0 Å². The predicted molar refractivity (Wildman–Crippen MR) is 156 cm³/mol. The Balaban J connectivity index is 1.66. The van der Waals surface area contributed by atoms with Gasteiger partial charge in [-0.05, 0) is 59.9 Å². The number of hydrogen-bond acceptors (Lipinski definition) is 2. The number of halogens is 2. The molecular weight excluding hydrogens is 515 g/mol. The molecule has 0 unspecified atom stereocenters. The summed E-state index contributed by atoms with van der Waals surface area (Å²) < 4.78 is 0. The molecule has 6 heteroatoms. The summed E-state index contributed by atoms with van der Waals surface area (Å²) in [6.07, 6.45) is 1.25. The van der Waals surface area contributed by atoms with Crippen LogP contribution in [0.2, 0.25) is 10.0 Å². The van der Waals surface area contributed by atoms with Crippen molar-refractivity contribution in [2.45, 2.75) is 51.7 Å². The molecule has 4 rings (SSSR count). The lowest BCUT2D eigenvalue weighted by atomic mass is 9.99. The fourth-order valence-electron chi connectivity index (χ4n) is 4.67. The monoisotopic (exact) mass is 546 g/mol. The summed E-state index contributed by atoms with van der Waals surface area (Å²) in [6.45, 7) is 4.08. The van der Waals surface area contributed by atoms with E-state index in [9.17, 15) is 9.59 Å². The highest BCUT2D eigenvalue weighted by Crippen LogP contribution is 2.25. The third-order valence-electron chi connectivity index (χ3n) is 6.53. The zero-order valence-corrected chi connectivity index (χ0v) is 23.2. The lowest BCUT2D eigenvalue weighted by Gasteiger charge is -2.32. The number of fused-ring (bicyclic) bond motifs is 1. The summed E-state index contributed by atoms with van der Waals surface area (Å²) in [6, 6.07) is 28.7.